The molecule has 5 heteroatoms. The number of hydrogen-bond acceptors (Lipinski definition) is 3. The fourth-order valence-corrected chi connectivity index (χ4v) is 3.29. The van der Waals surface area contributed by atoms with E-state index in [0.29, 0.717) is 11.6 Å². The minimum absolute atomic E-state index is 0.312. The van der Waals surface area contributed by atoms with E-state index in [9.17, 15) is 4.79 Å². The van der Waals surface area contributed by atoms with Crippen LogP contribution < -0.4 is 0 Å². The van der Waals surface area contributed by atoms with E-state index in [0.717, 1.165) is 43.0 Å². The molecule has 0 unspecified atom stereocenters. The predicted molar refractivity (Wildman–Crippen MR) is 83.7 cm³/mol. The topological polar surface area (TPSA) is 58.4 Å². The van der Waals surface area contributed by atoms with Gasteiger partial charge in [-0.15, -0.1) is 0 Å². The number of aromatic carboxylic acids is 1. The first kappa shape index (κ1) is 14.8. The molecule has 0 radical (unpaired) electrons. The van der Waals surface area contributed by atoms with Crippen LogP contribution in [0.1, 0.15) is 46.3 Å². The quantitative estimate of drug-likeness (QED) is 0.943. The van der Waals surface area contributed by atoms with Crippen molar-refractivity contribution in [1.29, 1.82) is 0 Å². The van der Waals surface area contributed by atoms with Crippen LogP contribution in [0, 0.1) is 6.92 Å². The summed E-state index contributed by atoms with van der Waals surface area (Å²) in [5, 5.41) is 9.11. The molecule has 1 aliphatic heterocycles. The molecule has 1 aliphatic rings. The summed E-state index contributed by atoms with van der Waals surface area (Å²) in [6.07, 6.45) is 4.30. The van der Waals surface area contributed by atoms with Crippen molar-refractivity contribution >= 4 is 5.97 Å². The van der Waals surface area contributed by atoms with E-state index in [4.69, 9.17) is 5.11 Å². The lowest BCUT2D eigenvalue weighted by Crippen LogP contribution is -2.25. The van der Waals surface area contributed by atoms with E-state index >= 15 is 0 Å². The molecule has 0 aliphatic carbocycles. The Morgan fingerprint density at radius 1 is 1.45 bits per heavy atom. The van der Waals surface area contributed by atoms with Crippen LogP contribution in [0.4, 0.5) is 0 Å². The summed E-state index contributed by atoms with van der Waals surface area (Å²) in [7, 11) is 2.04. The molecule has 0 saturated carbocycles. The second kappa shape index (κ2) is 5.93. The Morgan fingerprint density at radius 3 is 2.95 bits per heavy atom. The molecule has 1 atom stereocenters. The third-order valence-electron chi connectivity index (χ3n) is 4.25. The molecule has 116 valence electrons. The maximum Gasteiger partial charge on any atom is 0.335 e. The Hall–Kier alpha value is -2.14. The highest BCUT2D eigenvalue weighted by atomic mass is 16.4. The van der Waals surface area contributed by atoms with E-state index in [1.807, 2.05) is 26.1 Å². The van der Waals surface area contributed by atoms with Crippen molar-refractivity contribution in [2.24, 2.45) is 7.05 Å². The summed E-state index contributed by atoms with van der Waals surface area (Å²) in [6.45, 7) is 3.80. The van der Waals surface area contributed by atoms with Crippen LogP contribution in [0.5, 0.6) is 0 Å². The smallest absolute Gasteiger partial charge is 0.335 e. The number of nitrogens with zero attached hydrogens (tertiary/aromatic N) is 3. The molecule has 1 aromatic carbocycles. The maximum absolute atomic E-state index is 11.1. The van der Waals surface area contributed by atoms with Gasteiger partial charge in [0.15, 0.2) is 0 Å². The van der Waals surface area contributed by atoms with E-state index in [2.05, 4.69) is 20.6 Å². The van der Waals surface area contributed by atoms with Crippen molar-refractivity contribution in [3.63, 3.8) is 0 Å². The van der Waals surface area contributed by atoms with Gasteiger partial charge < -0.3 is 9.67 Å². The lowest BCUT2D eigenvalue weighted by Gasteiger charge is -2.24. The molecule has 0 amide bonds. The number of imidazole rings is 1. The second-order valence-electron chi connectivity index (χ2n) is 5.99. The maximum atomic E-state index is 11.1. The van der Waals surface area contributed by atoms with E-state index in [-0.39, 0.29) is 0 Å². The van der Waals surface area contributed by atoms with Crippen LogP contribution in [0.3, 0.4) is 0 Å². The van der Waals surface area contributed by atoms with Gasteiger partial charge in [0, 0.05) is 19.8 Å². The predicted octanol–water partition coefficient (Wildman–Crippen LogP) is 2.76. The van der Waals surface area contributed by atoms with E-state index in [1.54, 1.807) is 12.1 Å². The van der Waals surface area contributed by atoms with Crippen molar-refractivity contribution in [3.8, 4) is 0 Å². The van der Waals surface area contributed by atoms with Crippen LogP contribution >= 0.6 is 0 Å². The number of rotatable bonds is 4. The lowest BCUT2D eigenvalue weighted by atomic mass is 10.1. The minimum atomic E-state index is -0.875. The Kier molecular flexibility index (Phi) is 3.98. The zero-order valence-corrected chi connectivity index (χ0v) is 13.0. The molecule has 1 N–H and O–H groups in total. The van der Waals surface area contributed by atoms with Gasteiger partial charge in [0.05, 0.1) is 17.3 Å². The van der Waals surface area contributed by atoms with Gasteiger partial charge in [-0.3, -0.25) is 4.90 Å². The number of aryl methyl sites for hydroxylation is 2. The summed E-state index contributed by atoms with van der Waals surface area (Å²) in [5.74, 6) is 0.226. The molecule has 1 aromatic heterocycles. The molecule has 1 saturated heterocycles. The fraction of sp³-hybridized carbons (Fsp3) is 0.412. The summed E-state index contributed by atoms with van der Waals surface area (Å²) >= 11 is 0. The van der Waals surface area contributed by atoms with Crippen molar-refractivity contribution in [3.05, 3.63) is 53.1 Å². The number of benzene rings is 1. The number of carboxylic acid groups (broad SMARTS) is 1. The number of aromatic nitrogens is 2. The average molecular weight is 299 g/mol. The SMILES string of the molecule is Cc1cn(C)c([C@H]2CCCN2Cc2cccc(C(=O)O)c2)n1. The normalized spacial score (nSPS) is 18.7. The number of carbonyl (C=O) groups is 1. The summed E-state index contributed by atoms with van der Waals surface area (Å²) in [5.41, 5.74) is 2.43. The molecule has 0 spiro atoms. The first-order valence-electron chi connectivity index (χ1n) is 7.61. The number of likely N-dealkylation sites (tertiary alicyclic amines) is 1. The van der Waals surface area contributed by atoms with Crippen LogP contribution in [-0.4, -0.2) is 32.1 Å². The summed E-state index contributed by atoms with van der Waals surface area (Å²) in [6, 6.07) is 7.52. The van der Waals surface area contributed by atoms with Gasteiger partial charge >= 0.3 is 5.97 Å². The first-order valence-corrected chi connectivity index (χ1v) is 7.61. The van der Waals surface area contributed by atoms with Crippen LogP contribution in [-0.2, 0) is 13.6 Å². The molecule has 3 rings (SSSR count). The average Bonchev–Trinajstić information content (AvgIpc) is 3.05. The van der Waals surface area contributed by atoms with Gasteiger partial charge in [-0.25, -0.2) is 9.78 Å². The zero-order valence-electron chi connectivity index (χ0n) is 13.0. The monoisotopic (exact) mass is 299 g/mol. The molecular weight excluding hydrogens is 278 g/mol. The minimum Gasteiger partial charge on any atom is -0.478 e. The number of carboxylic acids is 1. The molecule has 2 aromatic rings. The van der Waals surface area contributed by atoms with Crippen molar-refractivity contribution < 1.29 is 9.90 Å². The summed E-state index contributed by atoms with van der Waals surface area (Å²) in [4.78, 5) is 18.1. The van der Waals surface area contributed by atoms with Crippen molar-refractivity contribution in [2.45, 2.75) is 32.4 Å². The van der Waals surface area contributed by atoms with Gasteiger partial charge in [0.2, 0.25) is 0 Å². The third kappa shape index (κ3) is 2.90. The van der Waals surface area contributed by atoms with E-state index in [1.165, 1.54) is 0 Å². The van der Waals surface area contributed by atoms with Crippen LogP contribution in [0.2, 0.25) is 0 Å². The molecular formula is C17H21N3O2. The number of hydrogen-bond donors (Lipinski definition) is 1. The Bertz CT molecular complexity index is 693. The highest BCUT2D eigenvalue weighted by Crippen LogP contribution is 2.32. The van der Waals surface area contributed by atoms with Gasteiger partial charge in [-0.2, -0.15) is 0 Å². The van der Waals surface area contributed by atoms with Gasteiger partial charge in [-0.1, -0.05) is 12.1 Å². The first-order chi connectivity index (χ1) is 10.5. The lowest BCUT2D eigenvalue weighted by molar-refractivity contribution is 0.0696. The van der Waals surface area contributed by atoms with E-state index < -0.39 is 5.97 Å². The highest BCUT2D eigenvalue weighted by molar-refractivity contribution is 5.87. The van der Waals surface area contributed by atoms with Crippen molar-refractivity contribution in [1.82, 2.24) is 14.5 Å². The molecule has 1 fully saturated rings. The van der Waals surface area contributed by atoms with Crippen LogP contribution in [0.25, 0.3) is 0 Å². The zero-order chi connectivity index (χ0) is 15.7. The van der Waals surface area contributed by atoms with Gasteiger partial charge in [-0.05, 0) is 44.0 Å². The second-order valence-corrected chi connectivity index (χ2v) is 5.99. The van der Waals surface area contributed by atoms with Crippen LogP contribution in [0.15, 0.2) is 30.5 Å². The summed E-state index contributed by atoms with van der Waals surface area (Å²) < 4.78 is 2.10. The van der Waals surface area contributed by atoms with Gasteiger partial charge in [0.1, 0.15) is 5.82 Å². The standard InChI is InChI=1S/C17H21N3O2/c1-12-10-19(2)16(18-12)15-7-4-8-20(15)11-13-5-3-6-14(9-13)17(21)22/h3,5-6,9-10,15H,4,7-8,11H2,1-2H3,(H,21,22)/t15-/m1/s1. The third-order valence-corrected chi connectivity index (χ3v) is 4.25. The fourth-order valence-electron chi connectivity index (χ4n) is 3.29. The molecule has 5 nitrogen and oxygen atoms in total. The van der Waals surface area contributed by atoms with Gasteiger partial charge in [0.25, 0.3) is 0 Å². The molecule has 0 bridgehead atoms. The Labute approximate surface area is 130 Å². The Balaban J connectivity index is 1.81. The highest BCUT2D eigenvalue weighted by Gasteiger charge is 2.29. The molecule has 22 heavy (non-hydrogen) atoms. The Morgan fingerprint density at radius 2 is 2.27 bits per heavy atom. The molecule has 2 heterocycles. The largest absolute Gasteiger partial charge is 0.478 e. The van der Waals surface area contributed by atoms with Crippen molar-refractivity contribution in [2.75, 3.05) is 6.54 Å².